The summed E-state index contributed by atoms with van der Waals surface area (Å²) in [6.45, 7) is 0. The van der Waals surface area contributed by atoms with E-state index in [1.165, 1.54) is 12.1 Å². The first kappa shape index (κ1) is 20.3. The molecule has 1 N–H and O–H groups in total. The van der Waals surface area contributed by atoms with Crippen LogP contribution in [0.25, 0.3) is 6.08 Å². The zero-order valence-corrected chi connectivity index (χ0v) is 16.1. The Morgan fingerprint density at radius 3 is 2.69 bits per heavy atom. The van der Waals surface area contributed by atoms with Crippen molar-refractivity contribution in [2.75, 3.05) is 5.32 Å². The van der Waals surface area contributed by atoms with Gasteiger partial charge in [-0.3, -0.25) is 4.79 Å². The van der Waals surface area contributed by atoms with Gasteiger partial charge in [0.1, 0.15) is 17.4 Å². The molecule has 0 saturated heterocycles. The average molecular weight is 429 g/mol. The molecular formula is C20H11Cl2FN4O2. The van der Waals surface area contributed by atoms with E-state index in [9.17, 15) is 14.4 Å². The fraction of sp³-hybridized carbons (Fsp3) is 0. The first-order chi connectivity index (χ1) is 13.9. The Morgan fingerprint density at radius 2 is 1.97 bits per heavy atom. The summed E-state index contributed by atoms with van der Waals surface area (Å²) in [5.74, 6) is -1.47. The van der Waals surface area contributed by atoms with E-state index in [0.29, 0.717) is 16.3 Å². The Bertz CT molecular complexity index is 1130. The number of nitrogens with zero attached hydrogens (tertiary/aromatic N) is 3. The van der Waals surface area contributed by atoms with Crippen LogP contribution in [-0.2, 0) is 4.79 Å². The molecule has 0 radical (unpaired) electrons. The molecular weight excluding hydrogens is 418 g/mol. The largest absolute Gasteiger partial charge is 0.436 e. The van der Waals surface area contributed by atoms with Crippen molar-refractivity contribution in [3.63, 3.8) is 0 Å². The lowest BCUT2D eigenvalue weighted by Gasteiger charge is -2.07. The van der Waals surface area contributed by atoms with E-state index in [-0.39, 0.29) is 22.5 Å². The van der Waals surface area contributed by atoms with E-state index >= 15 is 0 Å². The fourth-order valence-electron chi connectivity index (χ4n) is 2.23. The second-order valence-corrected chi connectivity index (χ2v) is 6.37. The van der Waals surface area contributed by atoms with Gasteiger partial charge in [-0.15, -0.1) is 0 Å². The van der Waals surface area contributed by atoms with Gasteiger partial charge in [0.25, 0.3) is 11.8 Å². The third-order valence-electron chi connectivity index (χ3n) is 3.53. The fourth-order valence-corrected chi connectivity index (χ4v) is 2.48. The molecule has 9 heteroatoms. The molecule has 0 fully saturated rings. The number of amides is 1. The highest BCUT2D eigenvalue weighted by Gasteiger charge is 2.11. The standard InChI is InChI=1S/C20H11Cl2FN4O2/c21-14-4-6-15(7-5-14)26-18(28)13(10-24)8-12-2-1-3-16(9-12)29-19-17(23)11-25-20(22)27-19/h1-9,11H,(H,26,28)/b13-8+. The van der Waals surface area contributed by atoms with Gasteiger partial charge in [0.05, 0.1) is 6.20 Å². The van der Waals surface area contributed by atoms with Crippen molar-refractivity contribution < 1.29 is 13.9 Å². The molecule has 0 aliphatic carbocycles. The molecule has 0 bridgehead atoms. The zero-order chi connectivity index (χ0) is 20.8. The zero-order valence-electron chi connectivity index (χ0n) is 14.6. The molecule has 144 valence electrons. The lowest BCUT2D eigenvalue weighted by atomic mass is 10.1. The van der Waals surface area contributed by atoms with Crippen molar-refractivity contribution in [2.45, 2.75) is 0 Å². The van der Waals surface area contributed by atoms with Crippen molar-refractivity contribution in [2.24, 2.45) is 0 Å². The number of aromatic nitrogens is 2. The van der Waals surface area contributed by atoms with Crippen LogP contribution in [0.5, 0.6) is 11.6 Å². The minimum absolute atomic E-state index is 0.131. The second kappa shape index (κ2) is 9.15. The van der Waals surface area contributed by atoms with E-state index in [0.717, 1.165) is 6.20 Å². The molecule has 1 heterocycles. The summed E-state index contributed by atoms with van der Waals surface area (Å²) < 4.78 is 19.1. The number of hydrogen-bond acceptors (Lipinski definition) is 5. The number of nitriles is 1. The van der Waals surface area contributed by atoms with Gasteiger partial charge in [-0.25, -0.2) is 4.98 Å². The summed E-state index contributed by atoms with van der Waals surface area (Å²) in [6, 6.07) is 14.7. The first-order valence-electron chi connectivity index (χ1n) is 8.09. The molecule has 0 spiro atoms. The molecule has 29 heavy (non-hydrogen) atoms. The maximum absolute atomic E-state index is 13.7. The minimum atomic E-state index is -0.782. The first-order valence-corrected chi connectivity index (χ1v) is 8.85. The van der Waals surface area contributed by atoms with Crippen LogP contribution in [0.4, 0.5) is 10.1 Å². The molecule has 1 amide bonds. The Labute approximate surface area is 175 Å². The third kappa shape index (κ3) is 5.51. The van der Waals surface area contributed by atoms with E-state index in [1.54, 1.807) is 42.5 Å². The number of hydrogen-bond donors (Lipinski definition) is 1. The number of rotatable bonds is 5. The highest BCUT2D eigenvalue weighted by Crippen LogP contribution is 2.24. The lowest BCUT2D eigenvalue weighted by Crippen LogP contribution is -2.13. The highest BCUT2D eigenvalue weighted by atomic mass is 35.5. The SMILES string of the molecule is N#C/C(=C\c1cccc(Oc2nc(Cl)ncc2F)c1)C(=O)Nc1ccc(Cl)cc1. The molecule has 6 nitrogen and oxygen atoms in total. The lowest BCUT2D eigenvalue weighted by molar-refractivity contribution is -0.112. The van der Waals surface area contributed by atoms with Gasteiger partial charge < -0.3 is 10.1 Å². The van der Waals surface area contributed by atoms with Crippen LogP contribution in [0.1, 0.15) is 5.56 Å². The average Bonchev–Trinajstić information content (AvgIpc) is 2.71. The van der Waals surface area contributed by atoms with E-state index in [4.69, 9.17) is 27.9 Å². The molecule has 0 atom stereocenters. The van der Waals surface area contributed by atoms with E-state index in [1.807, 2.05) is 6.07 Å². The summed E-state index contributed by atoms with van der Waals surface area (Å²) >= 11 is 11.5. The van der Waals surface area contributed by atoms with Gasteiger partial charge in [0.15, 0.2) is 0 Å². The monoisotopic (exact) mass is 428 g/mol. The normalized spacial score (nSPS) is 10.9. The quantitative estimate of drug-likeness (QED) is 0.340. The molecule has 0 unspecified atom stereocenters. The topological polar surface area (TPSA) is 87.9 Å². The maximum atomic E-state index is 13.7. The second-order valence-electron chi connectivity index (χ2n) is 5.60. The van der Waals surface area contributed by atoms with Gasteiger partial charge in [-0.1, -0.05) is 23.7 Å². The summed E-state index contributed by atoms with van der Waals surface area (Å²) in [5.41, 5.74) is 0.855. The van der Waals surface area contributed by atoms with Crippen molar-refractivity contribution in [3.05, 3.63) is 82.0 Å². The predicted molar refractivity (Wildman–Crippen MR) is 107 cm³/mol. The van der Waals surface area contributed by atoms with Crippen LogP contribution in [0, 0.1) is 17.1 Å². The summed E-state index contributed by atoms with van der Waals surface area (Å²) in [6.07, 6.45) is 2.27. The molecule has 2 aromatic carbocycles. The van der Waals surface area contributed by atoms with Crippen LogP contribution in [0.15, 0.2) is 60.3 Å². The third-order valence-corrected chi connectivity index (χ3v) is 3.97. The maximum Gasteiger partial charge on any atom is 0.266 e. The smallest absolute Gasteiger partial charge is 0.266 e. The van der Waals surface area contributed by atoms with Crippen molar-refractivity contribution in [3.8, 4) is 17.7 Å². The van der Waals surface area contributed by atoms with Crippen LogP contribution >= 0.6 is 23.2 Å². The predicted octanol–water partition coefficient (Wildman–Crippen LogP) is 5.26. The molecule has 0 aliphatic rings. The van der Waals surface area contributed by atoms with Gasteiger partial charge in [0.2, 0.25) is 11.1 Å². The Morgan fingerprint density at radius 1 is 1.21 bits per heavy atom. The summed E-state index contributed by atoms with van der Waals surface area (Å²) in [4.78, 5) is 19.5. The summed E-state index contributed by atoms with van der Waals surface area (Å²) in [5, 5.41) is 12.3. The van der Waals surface area contributed by atoms with Crippen LogP contribution in [-0.4, -0.2) is 15.9 Å². The summed E-state index contributed by atoms with van der Waals surface area (Å²) in [7, 11) is 0. The van der Waals surface area contributed by atoms with Crippen molar-refractivity contribution in [1.29, 1.82) is 5.26 Å². The Balaban J connectivity index is 1.80. The number of carbonyl (C=O) groups is 1. The molecule has 0 saturated carbocycles. The molecule has 3 aromatic rings. The van der Waals surface area contributed by atoms with Crippen molar-refractivity contribution >= 4 is 40.9 Å². The number of nitrogens with one attached hydrogen (secondary N) is 1. The van der Waals surface area contributed by atoms with Gasteiger partial charge in [-0.2, -0.15) is 14.6 Å². The van der Waals surface area contributed by atoms with Gasteiger partial charge in [-0.05, 0) is 59.6 Å². The Kier molecular flexibility index (Phi) is 6.39. The van der Waals surface area contributed by atoms with Gasteiger partial charge in [0, 0.05) is 10.7 Å². The number of anilines is 1. The van der Waals surface area contributed by atoms with Crippen molar-refractivity contribution in [1.82, 2.24) is 9.97 Å². The number of carbonyl (C=O) groups excluding carboxylic acids is 1. The molecule has 3 rings (SSSR count). The minimum Gasteiger partial charge on any atom is -0.436 e. The van der Waals surface area contributed by atoms with Crippen LogP contribution < -0.4 is 10.1 Å². The molecule has 1 aromatic heterocycles. The molecule has 0 aliphatic heterocycles. The Hall–Kier alpha value is -3.47. The van der Waals surface area contributed by atoms with Crippen LogP contribution in [0.3, 0.4) is 0 Å². The van der Waals surface area contributed by atoms with E-state index in [2.05, 4.69) is 15.3 Å². The highest BCUT2D eigenvalue weighted by molar-refractivity contribution is 6.30. The number of benzene rings is 2. The van der Waals surface area contributed by atoms with E-state index < -0.39 is 11.7 Å². The number of ether oxygens (including phenoxy) is 1. The van der Waals surface area contributed by atoms with Crippen LogP contribution in [0.2, 0.25) is 10.3 Å². The van der Waals surface area contributed by atoms with Gasteiger partial charge >= 0.3 is 0 Å². The number of halogens is 3.